The Balaban J connectivity index is 1.99. The maximum atomic E-state index is 12.6. The molecule has 26 heavy (non-hydrogen) atoms. The van der Waals surface area contributed by atoms with Crippen LogP contribution in [0.25, 0.3) is 6.08 Å². The molecule has 2 aromatic rings. The van der Waals surface area contributed by atoms with Crippen LogP contribution in [0, 0.1) is 0 Å². The van der Waals surface area contributed by atoms with Crippen LogP contribution >= 0.6 is 11.8 Å². The Kier molecular flexibility index (Phi) is 5.39. The molecule has 1 aliphatic heterocycles. The van der Waals surface area contributed by atoms with Crippen molar-refractivity contribution in [2.24, 2.45) is 4.40 Å². The molecule has 1 heterocycles. The van der Waals surface area contributed by atoms with Crippen molar-refractivity contribution in [2.75, 3.05) is 6.54 Å². The van der Waals surface area contributed by atoms with Gasteiger partial charge in [0.15, 0.2) is 5.17 Å². The maximum absolute atomic E-state index is 12.6. The van der Waals surface area contributed by atoms with Crippen LogP contribution in [0.4, 0.5) is 0 Å². The maximum Gasteiger partial charge on any atom is 0.284 e. The van der Waals surface area contributed by atoms with Gasteiger partial charge in [0.1, 0.15) is 0 Å². The molecule has 5 nitrogen and oxygen atoms in total. The van der Waals surface area contributed by atoms with Gasteiger partial charge in [-0.2, -0.15) is 8.42 Å². The van der Waals surface area contributed by atoms with Crippen LogP contribution in [-0.4, -0.2) is 30.9 Å². The summed E-state index contributed by atoms with van der Waals surface area (Å²) in [4.78, 5) is 14.5. The number of nitrogens with zero attached hydrogens (tertiary/aromatic N) is 2. The second kappa shape index (κ2) is 7.72. The largest absolute Gasteiger partial charge is 0.284 e. The van der Waals surface area contributed by atoms with Crippen molar-refractivity contribution in [3.63, 3.8) is 0 Å². The van der Waals surface area contributed by atoms with Crippen molar-refractivity contribution in [2.45, 2.75) is 4.90 Å². The molecule has 0 radical (unpaired) electrons. The van der Waals surface area contributed by atoms with Gasteiger partial charge in [0.25, 0.3) is 15.9 Å². The second-order valence-corrected chi connectivity index (χ2v) is 8.00. The first-order valence-corrected chi connectivity index (χ1v) is 10.0. The number of thioether (sulfide) groups is 1. The fourth-order valence-corrected chi connectivity index (χ4v) is 4.53. The van der Waals surface area contributed by atoms with Gasteiger partial charge in [0.2, 0.25) is 0 Å². The van der Waals surface area contributed by atoms with Crippen molar-refractivity contribution in [3.05, 3.63) is 83.8 Å². The smallest absolute Gasteiger partial charge is 0.282 e. The number of amides is 1. The molecule has 1 amide bonds. The molecule has 1 aliphatic rings. The van der Waals surface area contributed by atoms with Crippen LogP contribution in [-0.2, 0) is 14.8 Å². The lowest BCUT2D eigenvalue weighted by molar-refractivity contribution is -0.121. The van der Waals surface area contributed by atoms with Crippen LogP contribution in [0.15, 0.2) is 87.5 Å². The summed E-state index contributed by atoms with van der Waals surface area (Å²) in [5.41, 5.74) is 0.856. The fourth-order valence-electron chi connectivity index (χ4n) is 2.31. The molecule has 0 saturated carbocycles. The molecule has 7 heteroatoms. The molecule has 0 atom stereocenters. The summed E-state index contributed by atoms with van der Waals surface area (Å²) in [6.45, 7) is 3.81. The quantitative estimate of drug-likeness (QED) is 0.584. The van der Waals surface area contributed by atoms with Crippen molar-refractivity contribution >= 4 is 38.9 Å². The SMILES string of the molecule is C=CCN1C(=O)/C(=C\c2ccccc2)S/C1=N/S(=O)(=O)c1ccccc1. The molecule has 1 fully saturated rings. The highest BCUT2D eigenvalue weighted by Crippen LogP contribution is 2.33. The van der Waals surface area contributed by atoms with E-state index in [0.29, 0.717) is 4.91 Å². The highest BCUT2D eigenvalue weighted by molar-refractivity contribution is 8.19. The normalized spacial score (nSPS) is 17.8. The summed E-state index contributed by atoms with van der Waals surface area (Å²) in [5.74, 6) is -0.291. The summed E-state index contributed by atoms with van der Waals surface area (Å²) in [5, 5.41) is 0.126. The molecule has 2 aromatic carbocycles. The number of carbonyl (C=O) groups is 1. The third kappa shape index (κ3) is 3.95. The number of hydrogen-bond donors (Lipinski definition) is 0. The minimum Gasteiger partial charge on any atom is -0.282 e. The van der Waals surface area contributed by atoms with Crippen LogP contribution in [0.1, 0.15) is 5.56 Å². The zero-order valence-electron chi connectivity index (χ0n) is 13.8. The number of hydrogen-bond acceptors (Lipinski definition) is 4. The fraction of sp³-hybridized carbons (Fsp3) is 0.0526. The van der Waals surface area contributed by atoms with Crippen LogP contribution < -0.4 is 0 Å². The molecule has 0 aromatic heterocycles. The van der Waals surface area contributed by atoms with Crippen LogP contribution in [0.5, 0.6) is 0 Å². The predicted molar refractivity (Wildman–Crippen MR) is 105 cm³/mol. The van der Waals surface area contributed by atoms with Crippen molar-refractivity contribution in [1.29, 1.82) is 0 Å². The molecule has 3 rings (SSSR count). The van der Waals surface area contributed by atoms with Crippen LogP contribution in [0.3, 0.4) is 0 Å². The molecule has 0 aliphatic carbocycles. The van der Waals surface area contributed by atoms with E-state index < -0.39 is 10.0 Å². The molecular formula is C19H16N2O3S2. The highest BCUT2D eigenvalue weighted by atomic mass is 32.2. The Morgan fingerprint density at radius 3 is 2.27 bits per heavy atom. The lowest BCUT2D eigenvalue weighted by Gasteiger charge is -2.12. The first-order chi connectivity index (χ1) is 12.5. The number of rotatable bonds is 5. The van der Waals surface area contributed by atoms with E-state index in [-0.39, 0.29) is 22.5 Å². The molecule has 0 N–H and O–H groups in total. The van der Waals surface area contributed by atoms with Crippen LogP contribution in [0.2, 0.25) is 0 Å². The highest BCUT2D eigenvalue weighted by Gasteiger charge is 2.34. The Bertz CT molecular complexity index is 982. The van der Waals surface area contributed by atoms with E-state index in [9.17, 15) is 13.2 Å². The summed E-state index contributed by atoms with van der Waals surface area (Å²) in [6, 6.07) is 17.3. The van der Waals surface area contributed by atoms with E-state index in [1.165, 1.54) is 23.1 Å². The number of benzene rings is 2. The lowest BCUT2D eigenvalue weighted by Crippen LogP contribution is -2.29. The Labute approximate surface area is 156 Å². The van der Waals surface area contributed by atoms with E-state index in [4.69, 9.17) is 0 Å². The summed E-state index contributed by atoms with van der Waals surface area (Å²) < 4.78 is 28.9. The van der Waals surface area contributed by atoms with Crippen molar-refractivity contribution < 1.29 is 13.2 Å². The number of sulfonamides is 1. The third-order valence-corrected chi connectivity index (χ3v) is 5.94. The van der Waals surface area contributed by atoms with Gasteiger partial charge in [-0.15, -0.1) is 11.0 Å². The lowest BCUT2D eigenvalue weighted by atomic mass is 10.2. The Hall–Kier alpha value is -2.64. The van der Waals surface area contributed by atoms with Gasteiger partial charge in [0.05, 0.1) is 9.80 Å². The van der Waals surface area contributed by atoms with E-state index >= 15 is 0 Å². The molecule has 0 unspecified atom stereocenters. The summed E-state index contributed by atoms with van der Waals surface area (Å²) in [7, 11) is -3.90. The van der Waals surface area contributed by atoms with Crippen molar-refractivity contribution in [3.8, 4) is 0 Å². The monoisotopic (exact) mass is 384 g/mol. The zero-order chi connectivity index (χ0) is 18.6. The van der Waals surface area contributed by atoms with E-state index in [1.54, 1.807) is 24.3 Å². The van der Waals surface area contributed by atoms with Crippen molar-refractivity contribution in [1.82, 2.24) is 4.90 Å². The Morgan fingerprint density at radius 2 is 1.65 bits per heavy atom. The predicted octanol–water partition coefficient (Wildman–Crippen LogP) is 3.53. The number of amidine groups is 1. The Morgan fingerprint density at radius 1 is 1.04 bits per heavy atom. The van der Waals surface area contributed by atoms with Gasteiger partial charge in [0, 0.05) is 6.54 Å². The van der Waals surface area contributed by atoms with E-state index in [0.717, 1.165) is 17.3 Å². The molecule has 0 spiro atoms. The molecule has 1 saturated heterocycles. The topological polar surface area (TPSA) is 66.8 Å². The van der Waals surface area contributed by atoms with Gasteiger partial charge in [-0.05, 0) is 35.5 Å². The molecule has 132 valence electrons. The minimum absolute atomic E-state index is 0.0830. The summed E-state index contributed by atoms with van der Waals surface area (Å²) >= 11 is 1.04. The third-order valence-electron chi connectivity index (χ3n) is 3.54. The van der Waals surface area contributed by atoms with Gasteiger partial charge in [-0.3, -0.25) is 9.69 Å². The molecular weight excluding hydrogens is 368 g/mol. The zero-order valence-corrected chi connectivity index (χ0v) is 15.4. The first-order valence-electron chi connectivity index (χ1n) is 7.78. The van der Waals surface area contributed by atoms with Gasteiger partial charge < -0.3 is 0 Å². The van der Waals surface area contributed by atoms with Gasteiger partial charge in [-0.25, -0.2) is 0 Å². The van der Waals surface area contributed by atoms with E-state index in [2.05, 4.69) is 11.0 Å². The average Bonchev–Trinajstić information content (AvgIpc) is 2.92. The summed E-state index contributed by atoms with van der Waals surface area (Å²) in [6.07, 6.45) is 3.26. The standard InChI is InChI=1S/C19H16N2O3S2/c1-2-13-21-18(22)17(14-15-9-5-3-6-10-15)25-19(21)20-26(23,24)16-11-7-4-8-12-16/h2-12,14H,1,13H2/b17-14+,20-19+. The van der Waals surface area contributed by atoms with Gasteiger partial charge >= 0.3 is 0 Å². The molecule has 0 bridgehead atoms. The number of carbonyl (C=O) groups excluding carboxylic acids is 1. The van der Waals surface area contributed by atoms with E-state index in [1.807, 2.05) is 30.3 Å². The minimum atomic E-state index is -3.90. The second-order valence-electron chi connectivity index (χ2n) is 5.39. The van der Waals surface area contributed by atoms with Gasteiger partial charge in [-0.1, -0.05) is 54.6 Å². The first kappa shape index (κ1) is 18.2. The average molecular weight is 384 g/mol.